The molecule has 1 amide bonds. The Labute approximate surface area is 130 Å². The zero-order valence-corrected chi connectivity index (χ0v) is 13.3. The number of hydrogen-bond donors (Lipinski definition) is 1. The first-order valence-corrected chi connectivity index (χ1v) is 8.23. The molecule has 0 unspecified atom stereocenters. The first-order valence-electron chi connectivity index (χ1n) is 6.45. The summed E-state index contributed by atoms with van der Waals surface area (Å²) in [6, 6.07) is 7.84. The van der Waals surface area contributed by atoms with Crippen LogP contribution in [-0.2, 0) is 9.59 Å². The maximum atomic E-state index is 12.1. The quantitative estimate of drug-likeness (QED) is 0.841. The number of hydrogen-bond acceptors (Lipinski definition) is 3. The maximum absolute atomic E-state index is 12.1. The first kappa shape index (κ1) is 15.4. The van der Waals surface area contributed by atoms with Gasteiger partial charge in [-0.05, 0) is 37.1 Å². The van der Waals surface area contributed by atoms with Crippen LogP contribution in [0.15, 0.2) is 33.6 Å². The molecule has 1 aromatic rings. The highest BCUT2D eigenvalue weighted by Gasteiger charge is 2.26. The Bertz CT molecular complexity index is 484. The number of amides is 1. The van der Waals surface area contributed by atoms with Gasteiger partial charge in [0.2, 0.25) is 5.91 Å². The van der Waals surface area contributed by atoms with Crippen LogP contribution in [0.2, 0.25) is 0 Å². The van der Waals surface area contributed by atoms with Crippen molar-refractivity contribution in [1.29, 1.82) is 0 Å². The molecule has 1 aliphatic heterocycles. The van der Waals surface area contributed by atoms with Crippen LogP contribution in [0.25, 0.3) is 0 Å². The zero-order valence-electron chi connectivity index (χ0n) is 10.9. The van der Waals surface area contributed by atoms with Gasteiger partial charge < -0.3 is 10.0 Å². The van der Waals surface area contributed by atoms with Crippen LogP contribution in [0.3, 0.4) is 0 Å². The summed E-state index contributed by atoms with van der Waals surface area (Å²) in [7, 11) is 0. The number of nitrogens with zero attached hydrogens (tertiary/aromatic N) is 1. The van der Waals surface area contributed by atoms with E-state index in [-0.39, 0.29) is 11.8 Å². The van der Waals surface area contributed by atoms with Crippen molar-refractivity contribution in [3.05, 3.63) is 28.7 Å². The number of aliphatic carboxylic acids is 1. The highest BCUT2D eigenvalue weighted by atomic mass is 79.9. The number of rotatable bonds is 4. The van der Waals surface area contributed by atoms with E-state index < -0.39 is 5.97 Å². The molecule has 0 saturated carbocycles. The fourth-order valence-electron chi connectivity index (χ4n) is 2.14. The molecule has 0 atom stereocenters. The molecule has 4 nitrogen and oxygen atoms in total. The number of thioether (sulfide) groups is 1. The van der Waals surface area contributed by atoms with Crippen LogP contribution >= 0.6 is 27.7 Å². The number of likely N-dealkylation sites (tertiary alicyclic amines) is 1. The van der Waals surface area contributed by atoms with E-state index >= 15 is 0 Å². The van der Waals surface area contributed by atoms with Crippen molar-refractivity contribution in [1.82, 2.24) is 4.90 Å². The minimum atomic E-state index is -0.749. The fraction of sp³-hybridized carbons (Fsp3) is 0.429. The van der Waals surface area contributed by atoms with E-state index in [9.17, 15) is 9.59 Å². The van der Waals surface area contributed by atoms with Gasteiger partial charge in [0.05, 0.1) is 11.7 Å². The van der Waals surface area contributed by atoms with Crippen molar-refractivity contribution in [3.8, 4) is 0 Å². The number of piperidine rings is 1. The first-order chi connectivity index (χ1) is 9.56. The smallest absolute Gasteiger partial charge is 0.306 e. The molecular formula is C14H16BrNO3S. The third-order valence-corrected chi connectivity index (χ3v) is 4.90. The summed E-state index contributed by atoms with van der Waals surface area (Å²) in [5.74, 6) is -0.555. The third kappa shape index (κ3) is 4.24. The molecule has 1 N–H and O–H groups in total. The Morgan fingerprint density at radius 1 is 1.25 bits per heavy atom. The molecule has 20 heavy (non-hydrogen) atoms. The molecule has 0 aromatic heterocycles. The number of carbonyl (C=O) groups excluding carboxylic acids is 1. The van der Waals surface area contributed by atoms with E-state index in [1.165, 1.54) is 11.8 Å². The SMILES string of the molecule is O=C(O)C1CCN(C(=O)CSc2ccc(Br)cc2)CC1. The van der Waals surface area contributed by atoms with Gasteiger partial charge in [0.15, 0.2) is 0 Å². The molecule has 0 aliphatic carbocycles. The number of carboxylic acid groups (broad SMARTS) is 1. The summed E-state index contributed by atoms with van der Waals surface area (Å²) in [6.45, 7) is 1.10. The topological polar surface area (TPSA) is 57.6 Å². The minimum Gasteiger partial charge on any atom is -0.481 e. The van der Waals surface area contributed by atoms with Crippen molar-refractivity contribution < 1.29 is 14.7 Å². The highest BCUT2D eigenvalue weighted by molar-refractivity contribution is 9.10. The summed E-state index contributed by atoms with van der Waals surface area (Å²) in [6.07, 6.45) is 1.12. The number of benzene rings is 1. The summed E-state index contributed by atoms with van der Waals surface area (Å²) < 4.78 is 1.02. The molecule has 1 heterocycles. The van der Waals surface area contributed by atoms with Gasteiger partial charge in [-0.3, -0.25) is 9.59 Å². The van der Waals surface area contributed by atoms with Crippen molar-refractivity contribution >= 4 is 39.6 Å². The van der Waals surface area contributed by atoms with Gasteiger partial charge in [0, 0.05) is 22.5 Å². The third-order valence-electron chi connectivity index (χ3n) is 3.37. The second-order valence-corrected chi connectivity index (χ2v) is 6.70. The Balaban J connectivity index is 1.78. The molecule has 108 valence electrons. The predicted molar refractivity (Wildman–Crippen MR) is 81.8 cm³/mol. The van der Waals surface area contributed by atoms with Crippen LogP contribution in [0.4, 0.5) is 0 Å². The van der Waals surface area contributed by atoms with E-state index in [0.29, 0.717) is 31.7 Å². The predicted octanol–water partition coefficient (Wildman–Crippen LogP) is 2.86. The summed E-state index contributed by atoms with van der Waals surface area (Å²) in [5, 5.41) is 8.93. The second kappa shape index (κ2) is 7.13. The Hall–Kier alpha value is -1.01. The maximum Gasteiger partial charge on any atom is 0.306 e. The molecule has 0 bridgehead atoms. The molecule has 2 rings (SSSR count). The molecule has 1 saturated heterocycles. The van der Waals surface area contributed by atoms with Gasteiger partial charge in [-0.2, -0.15) is 0 Å². The Morgan fingerprint density at radius 2 is 1.85 bits per heavy atom. The summed E-state index contributed by atoms with van der Waals surface area (Å²) in [4.78, 5) is 25.7. The lowest BCUT2D eigenvalue weighted by Gasteiger charge is -2.30. The normalized spacial score (nSPS) is 16.1. The van der Waals surface area contributed by atoms with Crippen molar-refractivity contribution in [3.63, 3.8) is 0 Å². The van der Waals surface area contributed by atoms with E-state index in [2.05, 4.69) is 15.9 Å². The molecular weight excluding hydrogens is 342 g/mol. The van der Waals surface area contributed by atoms with Gasteiger partial charge >= 0.3 is 5.97 Å². The van der Waals surface area contributed by atoms with Crippen molar-refractivity contribution in [2.24, 2.45) is 5.92 Å². The molecule has 1 aromatic carbocycles. The fourth-order valence-corrected chi connectivity index (χ4v) is 3.21. The molecule has 1 fully saturated rings. The largest absolute Gasteiger partial charge is 0.481 e. The van der Waals surface area contributed by atoms with Crippen molar-refractivity contribution in [2.75, 3.05) is 18.8 Å². The van der Waals surface area contributed by atoms with Crippen LogP contribution in [0.1, 0.15) is 12.8 Å². The molecule has 1 aliphatic rings. The van der Waals surface area contributed by atoms with Crippen LogP contribution in [0, 0.1) is 5.92 Å². The lowest BCUT2D eigenvalue weighted by Crippen LogP contribution is -2.41. The van der Waals surface area contributed by atoms with Crippen LogP contribution < -0.4 is 0 Å². The van der Waals surface area contributed by atoms with E-state index in [4.69, 9.17) is 5.11 Å². The molecule has 0 radical (unpaired) electrons. The average Bonchev–Trinajstić information content (AvgIpc) is 2.46. The standard InChI is InChI=1S/C14H16BrNO3S/c15-11-1-3-12(4-2-11)20-9-13(17)16-7-5-10(6-8-16)14(18)19/h1-4,10H,5-9H2,(H,18,19). The lowest BCUT2D eigenvalue weighted by molar-refractivity contribution is -0.145. The minimum absolute atomic E-state index is 0.0850. The zero-order chi connectivity index (χ0) is 14.5. The summed E-state index contributed by atoms with van der Waals surface area (Å²) >= 11 is 4.88. The Morgan fingerprint density at radius 3 is 2.40 bits per heavy atom. The average molecular weight is 358 g/mol. The number of carboxylic acids is 1. The van der Waals surface area contributed by atoms with Crippen LogP contribution in [0.5, 0.6) is 0 Å². The second-order valence-electron chi connectivity index (χ2n) is 4.74. The number of carbonyl (C=O) groups is 2. The number of halogens is 1. The summed E-state index contributed by atoms with van der Waals surface area (Å²) in [5.41, 5.74) is 0. The van der Waals surface area contributed by atoms with Gasteiger partial charge in [-0.1, -0.05) is 15.9 Å². The lowest BCUT2D eigenvalue weighted by atomic mass is 9.97. The van der Waals surface area contributed by atoms with E-state index in [1.54, 1.807) is 4.90 Å². The monoisotopic (exact) mass is 357 g/mol. The van der Waals surface area contributed by atoms with E-state index in [0.717, 1.165) is 9.37 Å². The Kier molecular flexibility index (Phi) is 5.48. The van der Waals surface area contributed by atoms with Gasteiger partial charge in [0.25, 0.3) is 0 Å². The van der Waals surface area contributed by atoms with Gasteiger partial charge in [-0.15, -0.1) is 11.8 Å². The van der Waals surface area contributed by atoms with Gasteiger partial charge in [-0.25, -0.2) is 0 Å². The van der Waals surface area contributed by atoms with Crippen molar-refractivity contribution in [2.45, 2.75) is 17.7 Å². The highest BCUT2D eigenvalue weighted by Crippen LogP contribution is 2.22. The molecule has 6 heteroatoms. The van der Waals surface area contributed by atoms with E-state index in [1.807, 2.05) is 24.3 Å². The van der Waals surface area contributed by atoms with Gasteiger partial charge in [0.1, 0.15) is 0 Å². The molecule has 0 spiro atoms. The van der Waals surface area contributed by atoms with Crippen LogP contribution in [-0.4, -0.2) is 40.7 Å².